The van der Waals surface area contributed by atoms with Crippen molar-refractivity contribution in [1.29, 1.82) is 0 Å². The highest BCUT2D eigenvalue weighted by Crippen LogP contribution is 2.13. The number of nitrogens with one attached hydrogen (secondary N) is 2. The highest BCUT2D eigenvalue weighted by molar-refractivity contribution is 5.76. The Kier molecular flexibility index (Phi) is 6.67. The Morgan fingerprint density at radius 1 is 1.30 bits per heavy atom. The molecule has 3 rings (SSSR count). The third-order valence-corrected chi connectivity index (χ3v) is 4.50. The van der Waals surface area contributed by atoms with Crippen molar-refractivity contribution in [3.8, 4) is 11.4 Å². The molecule has 1 saturated heterocycles. The standard InChI is InChI=1S/C19H25N5O3/c1-14-3-2-4-15(13-14)18-21-19(26)16(22-23-18)5-6-17(25)20-7-8-24-9-11-27-12-10-24/h2-4,13H,5-12H2,1H3,(H,20,25)(H,21,23,26). The average Bonchev–Trinajstić information content (AvgIpc) is 2.68. The van der Waals surface area contributed by atoms with Crippen LogP contribution in [0.2, 0.25) is 0 Å². The Balaban J connectivity index is 1.47. The van der Waals surface area contributed by atoms with Gasteiger partial charge in [-0.25, -0.2) is 0 Å². The van der Waals surface area contributed by atoms with Crippen LogP contribution in [0.4, 0.5) is 0 Å². The van der Waals surface area contributed by atoms with Crippen molar-refractivity contribution < 1.29 is 9.53 Å². The van der Waals surface area contributed by atoms with Gasteiger partial charge < -0.3 is 15.0 Å². The van der Waals surface area contributed by atoms with Gasteiger partial charge in [-0.1, -0.05) is 23.8 Å². The van der Waals surface area contributed by atoms with Gasteiger partial charge in [0.25, 0.3) is 5.56 Å². The quantitative estimate of drug-likeness (QED) is 0.736. The molecule has 0 aliphatic carbocycles. The number of ether oxygens (including phenoxy) is 1. The number of rotatable bonds is 7. The smallest absolute Gasteiger partial charge is 0.273 e. The highest BCUT2D eigenvalue weighted by atomic mass is 16.5. The van der Waals surface area contributed by atoms with Crippen LogP contribution >= 0.6 is 0 Å². The normalized spacial score (nSPS) is 14.9. The van der Waals surface area contributed by atoms with Gasteiger partial charge in [0.05, 0.1) is 13.2 Å². The third-order valence-electron chi connectivity index (χ3n) is 4.50. The number of carbonyl (C=O) groups excluding carboxylic acids is 1. The minimum Gasteiger partial charge on any atom is -0.379 e. The lowest BCUT2D eigenvalue weighted by Gasteiger charge is -2.26. The number of aromatic nitrogens is 3. The lowest BCUT2D eigenvalue weighted by Crippen LogP contribution is -2.41. The second-order valence-electron chi connectivity index (χ2n) is 6.62. The molecule has 1 aliphatic rings. The van der Waals surface area contributed by atoms with Crippen LogP contribution in [0.5, 0.6) is 0 Å². The summed E-state index contributed by atoms with van der Waals surface area (Å²) in [6.45, 7) is 6.65. The zero-order valence-electron chi connectivity index (χ0n) is 15.5. The second kappa shape index (κ2) is 9.38. The largest absolute Gasteiger partial charge is 0.379 e. The number of carbonyl (C=O) groups is 1. The van der Waals surface area contributed by atoms with E-state index in [0.717, 1.165) is 44.0 Å². The molecule has 1 fully saturated rings. The molecule has 2 aromatic rings. The summed E-state index contributed by atoms with van der Waals surface area (Å²) in [6, 6.07) is 7.68. The van der Waals surface area contributed by atoms with Crippen molar-refractivity contribution in [2.75, 3.05) is 39.4 Å². The number of benzene rings is 1. The SMILES string of the molecule is Cc1cccc(-c2nnc(CCC(=O)NCCN3CCOCC3)c(=O)[nH]2)c1. The van der Waals surface area contributed by atoms with Crippen LogP contribution in [0.15, 0.2) is 29.1 Å². The first kappa shape index (κ1) is 19.2. The van der Waals surface area contributed by atoms with Crippen LogP contribution in [-0.4, -0.2) is 65.4 Å². The van der Waals surface area contributed by atoms with Crippen molar-refractivity contribution in [2.24, 2.45) is 0 Å². The molecule has 2 heterocycles. The monoisotopic (exact) mass is 371 g/mol. The average molecular weight is 371 g/mol. The van der Waals surface area contributed by atoms with Crippen LogP contribution in [0.3, 0.4) is 0 Å². The fourth-order valence-corrected chi connectivity index (χ4v) is 2.94. The van der Waals surface area contributed by atoms with Gasteiger partial charge in [-0.2, -0.15) is 0 Å². The second-order valence-corrected chi connectivity index (χ2v) is 6.62. The van der Waals surface area contributed by atoms with Gasteiger partial charge in [-0.05, 0) is 13.0 Å². The van der Waals surface area contributed by atoms with E-state index in [1.54, 1.807) is 0 Å². The van der Waals surface area contributed by atoms with E-state index in [0.29, 0.717) is 12.4 Å². The molecule has 144 valence electrons. The molecule has 0 saturated carbocycles. The van der Waals surface area contributed by atoms with Crippen molar-refractivity contribution in [2.45, 2.75) is 19.8 Å². The molecule has 1 aliphatic heterocycles. The van der Waals surface area contributed by atoms with Crippen LogP contribution in [-0.2, 0) is 16.0 Å². The maximum absolute atomic E-state index is 12.2. The fourth-order valence-electron chi connectivity index (χ4n) is 2.94. The molecule has 2 N–H and O–H groups in total. The van der Waals surface area contributed by atoms with E-state index in [1.165, 1.54) is 0 Å². The van der Waals surface area contributed by atoms with E-state index >= 15 is 0 Å². The summed E-state index contributed by atoms with van der Waals surface area (Å²) in [4.78, 5) is 29.2. The Morgan fingerprint density at radius 3 is 2.85 bits per heavy atom. The van der Waals surface area contributed by atoms with Crippen LogP contribution in [0.25, 0.3) is 11.4 Å². The Labute approximate surface area is 158 Å². The summed E-state index contributed by atoms with van der Waals surface area (Å²) >= 11 is 0. The molecule has 0 bridgehead atoms. The van der Waals surface area contributed by atoms with Gasteiger partial charge in [0.1, 0.15) is 5.69 Å². The number of H-pyrrole nitrogens is 1. The molecular weight excluding hydrogens is 346 g/mol. The van der Waals surface area contributed by atoms with Crippen molar-refractivity contribution in [3.05, 3.63) is 45.9 Å². The molecule has 1 amide bonds. The summed E-state index contributed by atoms with van der Waals surface area (Å²) in [5.41, 5.74) is 1.86. The lowest BCUT2D eigenvalue weighted by atomic mass is 10.1. The maximum atomic E-state index is 12.2. The van der Waals surface area contributed by atoms with Gasteiger partial charge in [0.2, 0.25) is 5.91 Å². The maximum Gasteiger partial charge on any atom is 0.273 e. The first-order chi connectivity index (χ1) is 13.1. The molecular formula is C19H25N5O3. The van der Waals surface area contributed by atoms with Gasteiger partial charge in [-0.15, -0.1) is 10.2 Å². The summed E-state index contributed by atoms with van der Waals surface area (Å²) in [6.07, 6.45) is 0.477. The number of hydrogen-bond donors (Lipinski definition) is 2. The summed E-state index contributed by atoms with van der Waals surface area (Å²) in [7, 11) is 0. The molecule has 1 aromatic heterocycles. The molecule has 0 radical (unpaired) electrons. The topological polar surface area (TPSA) is 100 Å². The number of aryl methyl sites for hydroxylation is 2. The molecule has 27 heavy (non-hydrogen) atoms. The number of amides is 1. The van der Waals surface area contributed by atoms with Gasteiger partial charge in [-0.3, -0.25) is 14.5 Å². The van der Waals surface area contributed by atoms with Gasteiger partial charge in [0, 0.05) is 44.6 Å². The van der Waals surface area contributed by atoms with Crippen molar-refractivity contribution >= 4 is 5.91 Å². The Hall–Kier alpha value is -2.58. The summed E-state index contributed by atoms with van der Waals surface area (Å²) < 4.78 is 5.29. The number of hydrogen-bond acceptors (Lipinski definition) is 6. The minimum absolute atomic E-state index is 0.0905. The third kappa shape index (κ3) is 5.70. The van der Waals surface area contributed by atoms with Gasteiger partial charge >= 0.3 is 0 Å². The van der Waals surface area contributed by atoms with E-state index in [2.05, 4.69) is 25.4 Å². The Morgan fingerprint density at radius 2 is 2.11 bits per heavy atom. The van der Waals surface area contributed by atoms with Crippen molar-refractivity contribution in [1.82, 2.24) is 25.4 Å². The van der Waals surface area contributed by atoms with E-state index in [-0.39, 0.29) is 30.0 Å². The van der Waals surface area contributed by atoms with Gasteiger partial charge in [0.15, 0.2) is 5.82 Å². The minimum atomic E-state index is -0.303. The summed E-state index contributed by atoms with van der Waals surface area (Å²) in [5, 5.41) is 11.0. The summed E-state index contributed by atoms with van der Waals surface area (Å²) in [5.74, 6) is 0.342. The highest BCUT2D eigenvalue weighted by Gasteiger charge is 2.12. The van der Waals surface area contributed by atoms with E-state index in [4.69, 9.17) is 4.74 Å². The molecule has 0 atom stereocenters. The van der Waals surface area contributed by atoms with E-state index in [9.17, 15) is 9.59 Å². The molecule has 8 nitrogen and oxygen atoms in total. The van der Waals surface area contributed by atoms with Crippen LogP contribution in [0.1, 0.15) is 17.7 Å². The van der Waals surface area contributed by atoms with Crippen LogP contribution in [0, 0.1) is 6.92 Å². The lowest BCUT2D eigenvalue weighted by molar-refractivity contribution is -0.121. The predicted octanol–water partition coefficient (Wildman–Crippen LogP) is 0.521. The molecule has 8 heteroatoms. The first-order valence-corrected chi connectivity index (χ1v) is 9.21. The molecule has 1 aromatic carbocycles. The first-order valence-electron chi connectivity index (χ1n) is 9.21. The zero-order valence-corrected chi connectivity index (χ0v) is 15.5. The van der Waals surface area contributed by atoms with E-state index in [1.807, 2.05) is 31.2 Å². The number of aromatic amines is 1. The zero-order chi connectivity index (χ0) is 19.1. The van der Waals surface area contributed by atoms with E-state index < -0.39 is 0 Å². The Bertz CT molecular complexity index is 830. The van der Waals surface area contributed by atoms with Crippen molar-refractivity contribution in [3.63, 3.8) is 0 Å². The fraction of sp³-hybridized carbons (Fsp3) is 0.474. The number of nitrogens with zero attached hydrogens (tertiary/aromatic N) is 3. The predicted molar refractivity (Wildman–Crippen MR) is 101 cm³/mol. The number of morpholine rings is 1. The van der Waals surface area contributed by atoms with Crippen LogP contribution < -0.4 is 10.9 Å². The molecule has 0 spiro atoms. The molecule has 0 unspecified atom stereocenters.